The molecule has 0 saturated heterocycles. The minimum Gasteiger partial charge on any atom is -0.364 e. The van der Waals surface area contributed by atoms with Gasteiger partial charge in [0.05, 0.1) is 11.6 Å². The Kier molecular flexibility index (Phi) is 5.17. The van der Waals surface area contributed by atoms with E-state index in [-0.39, 0.29) is 11.6 Å². The lowest BCUT2D eigenvalue weighted by atomic mass is 9.83. The first kappa shape index (κ1) is 18.7. The van der Waals surface area contributed by atoms with Crippen LogP contribution in [0.25, 0.3) is 11.0 Å². The summed E-state index contributed by atoms with van der Waals surface area (Å²) in [4.78, 5) is 9.44. The predicted molar refractivity (Wildman–Crippen MR) is 113 cm³/mol. The van der Waals surface area contributed by atoms with Gasteiger partial charge in [0.1, 0.15) is 5.82 Å². The Morgan fingerprint density at radius 2 is 1.89 bits per heavy atom. The number of benzene rings is 1. The van der Waals surface area contributed by atoms with Crippen LogP contribution in [0.4, 0.5) is 11.8 Å². The van der Waals surface area contributed by atoms with E-state index in [1.54, 1.807) is 4.68 Å². The number of nitrogens with zero attached hydrogens (tertiary/aromatic N) is 4. The lowest BCUT2D eigenvalue weighted by Crippen LogP contribution is -2.37. The van der Waals surface area contributed by atoms with Gasteiger partial charge < -0.3 is 16.4 Å². The molecular weight excluding hydrogens is 350 g/mol. The second-order valence-electron chi connectivity index (χ2n) is 8.05. The van der Waals surface area contributed by atoms with E-state index in [0.29, 0.717) is 12.5 Å². The lowest BCUT2D eigenvalue weighted by Gasteiger charge is -2.35. The minimum absolute atomic E-state index is 0.0626. The molecule has 28 heavy (non-hydrogen) atoms. The van der Waals surface area contributed by atoms with Crippen LogP contribution in [0.1, 0.15) is 50.6 Å². The molecule has 4 N–H and O–H groups in total. The van der Waals surface area contributed by atoms with Crippen LogP contribution in [-0.4, -0.2) is 31.8 Å². The van der Waals surface area contributed by atoms with Crippen molar-refractivity contribution in [2.75, 3.05) is 17.2 Å². The monoisotopic (exact) mass is 379 g/mol. The summed E-state index contributed by atoms with van der Waals surface area (Å²) < 4.78 is 1.79. The number of nitrogens with one attached hydrogen (secondary N) is 2. The van der Waals surface area contributed by atoms with Gasteiger partial charge in [-0.05, 0) is 25.3 Å². The zero-order valence-electron chi connectivity index (χ0n) is 16.7. The van der Waals surface area contributed by atoms with Crippen molar-refractivity contribution < 1.29 is 0 Å². The molecule has 7 heteroatoms. The van der Waals surface area contributed by atoms with Crippen LogP contribution in [0, 0.1) is 0 Å². The highest BCUT2D eigenvalue weighted by molar-refractivity contribution is 5.87. The maximum Gasteiger partial charge on any atom is 0.226 e. The summed E-state index contributed by atoms with van der Waals surface area (Å²) >= 11 is 0. The summed E-state index contributed by atoms with van der Waals surface area (Å²) in [7, 11) is 1.90. The molecule has 1 aliphatic carbocycles. The Bertz CT molecular complexity index is 929. The molecule has 0 amide bonds. The minimum atomic E-state index is -0.126. The summed E-state index contributed by atoms with van der Waals surface area (Å²) in [5.74, 6) is 1.42. The smallest absolute Gasteiger partial charge is 0.226 e. The molecule has 7 nitrogen and oxygen atoms in total. The average Bonchev–Trinajstić information content (AvgIpc) is 3.08. The fourth-order valence-electron chi connectivity index (χ4n) is 3.96. The van der Waals surface area contributed by atoms with E-state index >= 15 is 0 Å². The molecule has 1 atom stereocenters. The van der Waals surface area contributed by atoms with Crippen LogP contribution < -0.4 is 16.4 Å². The first-order valence-corrected chi connectivity index (χ1v) is 10.1. The summed E-state index contributed by atoms with van der Waals surface area (Å²) in [5.41, 5.74) is 8.29. The van der Waals surface area contributed by atoms with Crippen LogP contribution in [-0.2, 0) is 7.05 Å². The van der Waals surface area contributed by atoms with Gasteiger partial charge in [0.25, 0.3) is 0 Å². The number of hydrogen-bond donors (Lipinski definition) is 3. The van der Waals surface area contributed by atoms with E-state index in [4.69, 9.17) is 10.7 Å². The largest absolute Gasteiger partial charge is 0.364 e. The van der Waals surface area contributed by atoms with Crippen molar-refractivity contribution in [3.8, 4) is 0 Å². The summed E-state index contributed by atoms with van der Waals surface area (Å²) in [6, 6.07) is 9.94. The first-order valence-electron chi connectivity index (χ1n) is 10.1. The van der Waals surface area contributed by atoms with Crippen LogP contribution in [0.5, 0.6) is 0 Å². The van der Waals surface area contributed by atoms with Gasteiger partial charge in [0.2, 0.25) is 5.95 Å². The van der Waals surface area contributed by atoms with Gasteiger partial charge in [-0.3, -0.25) is 4.68 Å². The number of aryl methyl sites for hydroxylation is 1. The second kappa shape index (κ2) is 7.75. The van der Waals surface area contributed by atoms with Gasteiger partial charge in [-0.15, -0.1) is 0 Å². The van der Waals surface area contributed by atoms with Crippen LogP contribution in [0.15, 0.2) is 36.5 Å². The van der Waals surface area contributed by atoms with Crippen molar-refractivity contribution in [3.63, 3.8) is 0 Å². The van der Waals surface area contributed by atoms with Crippen molar-refractivity contribution in [1.82, 2.24) is 19.7 Å². The number of fused-ring (bicyclic) bond motifs is 1. The maximum absolute atomic E-state index is 6.32. The number of nitrogens with two attached hydrogens (primary N) is 1. The molecule has 3 aromatic rings. The van der Waals surface area contributed by atoms with Crippen LogP contribution >= 0.6 is 0 Å². The zero-order chi connectivity index (χ0) is 19.6. The van der Waals surface area contributed by atoms with E-state index in [1.165, 1.54) is 19.3 Å². The van der Waals surface area contributed by atoms with E-state index < -0.39 is 0 Å². The third-order valence-electron chi connectivity index (χ3n) is 5.68. The number of hydrogen-bond acceptors (Lipinski definition) is 6. The molecule has 1 aliphatic rings. The van der Waals surface area contributed by atoms with Crippen LogP contribution in [0.2, 0.25) is 0 Å². The second-order valence-corrected chi connectivity index (χ2v) is 8.05. The fourth-order valence-corrected chi connectivity index (χ4v) is 3.96. The Morgan fingerprint density at radius 1 is 1.14 bits per heavy atom. The van der Waals surface area contributed by atoms with Crippen molar-refractivity contribution in [2.24, 2.45) is 12.8 Å². The van der Waals surface area contributed by atoms with E-state index in [0.717, 1.165) is 35.3 Å². The van der Waals surface area contributed by atoms with Gasteiger partial charge in [0, 0.05) is 25.2 Å². The predicted octanol–water partition coefficient (Wildman–Crippen LogP) is 3.61. The fraction of sp³-hybridized carbons (Fsp3) is 0.476. The molecule has 4 rings (SSSR count). The topological polar surface area (TPSA) is 93.7 Å². The number of anilines is 2. The van der Waals surface area contributed by atoms with E-state index in [9.17, 15) is 0 Å². The van der Waals surface area contributed by atoms with Gasteiger partial charge >= 0.3 is 0 Å². The van der Waals surface area contributed by atoms with Crippen molar-refractivity contribution in [2.45, 2.75) is 50.6 Å². The highest BCUT2D eigenvalue weighted by Crippen LogP contribution is 2.33. The summed E-state index contributed by atoms with van der Waals surface area (Å²) in [5, 5.41) is 12.3. The molecule has 2 heterocycles. The number of rotatable bonds is 6. The maximum atomic E-state index is 6.32. The highest BCUT2D eigenvalue weighted by atomic mass is 15.3. The van der Waals surface area contributed by atoms with Crippen molar-refractivity contribution in [3.05, 3.63) is 42.1 Å². The SMILES string of the molecule is Cn1ncc2c(NC3(C)CCCCC3)nc(NCC(N)c3ccccc3)nc21. The first-order chi connectivity index (χ1) is 13.5. The Balaban J connectivity index is 1.57. The van der Waals surface area contributed by atoms with E-state index in [2.05, 4.69) is 27.6 Å². The van der Waals surface area contributed by atoms with Gasteiger partial charge in [-0.25, -0.2) is 0 Å². The van der Waals surface area contributed by atoms with Gasteiger partial charge in [0.15, 0.2) is 5.65 Å². The average molecular weight is 380 g/mol. The molecule has 0 spiro atoms. The molecule has 148 valence electrons. The molecule has 0 radical (unpaired) electrons. The summed E-state index contributed by atoms with van der Waals surface area (Å²) in [6.07, 6.45) is 7.96. The molecule has 1 fully saturated rings. The molecule has 1 unspecified atom stereocenters. The quantitative estimate of drug-likeness (QED) is 0.606. The molecule has 1 saturated carbocycles. The molecule has 0 bridgehead atoms. The van der Waals surface area contributed by atoms with Crippen LogP contribution in [0.3, 0.4) is 0 Å². The Morgan fingerprint density at radius 3 is 2.64 bits per heavy atom. The molecule has 2 aromatic heterocycles. The standard InChI is InChI=1S/C21H29N7/c1-21(11-7-4-8-12-21)27-18-16-13-24-28(2)19(16)26-20(25-18)23-14-17(22)15-9-5-3-6-10-15/h3,5-6,9-10,13,17H,4,7-8,11-12,14,22H2,1-2H3,(H2,23,25,26,27). The third kappa shape index (κ3) is 3.94. The highest BCUT2D eigenvalue weighted by Gasteiger charge is 2.28. The van der Waals surface area contributed by atoms with Gasteiger partial charge in [-0.2, -0.15) is 15.1 Å². The molecule has 1 aromatic carbocycles. The number of aromatic nitrogens is 4. The Labute approximate surface area is 165 Å². The normalized spacial score (nSPS) is 17.4. The molecular formula is C21H29N7. The van der Waals surface area contributed by atoms with Crippen molar-refractivity contribution >= 4 is 22.8 Å². The third-order valence-corrected chi connectivity index (χ3v) is 5.68. The Hall–Kier alpha value is -2.67. The molecule has 0 aliphatic heterocycles. The van der Waals surface area contributed by atoms with E-state index in [1.807, 2.05) is 43.6 Å². The van der Waals surface area contributed by atoms with Crippen molar-refractivity contribution in [1.29, 1.82) is 0 Å². The van der Waals surface area contributed by atoms with Gasteiger partial charge in [-0.1, -0.05) is 49.6 Å². The zero-order valence-corrected chi connectivity index (χ0v) is 16.7. The summed E-state index contributed by atoms with van der Waals surface area (Å²) in [6.45, 7) is 2.85. The lowest BCUT2D eigenvalue weighted by molar-refractivity contribution is 0.349.